The van der Waals surface area contributed by atoms with Crippen molar-refractivity contribution in [3.05, 3.63) is 56.0 Å². The molecule has 0 aliphatic rings. The number of hydrogen-bond donors (Lipinski definition) is 1. The summed E-state index contributed by atoms with van der Waals surface area (Å²) in [4.78, 5) is 22.6. The number of thiazole rings is 2. The van der Waals surface area contributed by atoms with Crippen molar-refractivity contribution in [1.82, 2.24) is 15.3 Å². The van der Waals surface area contributed by atoms with E-state index >= 15 is 0 Å². The summed E-state index contributed by atoms with van der Waals surface area (Å²) in [6.45, 7) is 10.1. The Morgan fingerprint density at radius 1 is 1.23 bits per heavy atom. The highest BCUT2D eigenvalue weighted by molar-refractivity contribution is 7.17. The second kappa shape index (κ2) is 7.68. The van der Waals surface area contributed by atoms with Gasteiger partial charge in [0.05, 0.1) is 22.4 Å². The van der Waals surface area contributed by atoms with E-state index in [0.29, 0.717) is 4.88 Å². The molecule has 26 heavy (non-hydrogen) atoms. The van der Waals surface area contributed by atoms with Crippen LogP contribution in [0.15, 0.2) is 23.6 Å². The lowest BCUT2D eigenvalue weighted by molar-refractivity contribution is 0.0942. The molecule has 0 saturated carbocycles. The highest BCUT2D eigenvalue weighted by Crippen LogP contribution is 2.31. The van der Waals surface area contributed by atoms with E-state index in [0.717, 1.165) is 33.4 Å². The zero-order valence-electron chi connectivity index (χ0n) is 15.7. The molecular weight excluding hydrogens is 362 g/mol. The van der Waals surface area contributed by atoms with E-state index in [4.69, 9.17) is 0 Å². The monoisotopic (exact) mass is 385 g/mol. The maximum Gasteiger partial charge on any atom is 0.263 e. The number of rotatable bonds is 5. The number of nitrogens with zero attached hydrogens (tertiary/aromatic N) is 2. The van der Waals surface area contributed by atoms with E-state index in [1.807, 2.05) is 19.2 Å². The van der Waals surface area contributed by atoms with E-state index in [1.54, 1.807) is 11.3 Å². The zero-order valence-corrected chi connectivity index (χ0v) is 17.3. The van der Waals surface area contributed by atoms with Crippen LogP contribution in [0.2, 0.25) is 0 Å². The third-order valence-electron chi connectivity index (χ3n) is 4.28. The standard InChI is InChI=1S/C20H23N3OS2/c1-6-17-23-16(10-25-17)13(4)21-19(24)18-14(5)22-20(26-18)15-8-7-11(2)9-12(15)3/h7-10,13H,6H2,1-5H3,(H,21,24). The third kappa shape index (κ3) is 3.86. The Labute approximate surface area is 162 Å². The molecule has 6 heteroatoms. The second-order valence-electron chi connectivity index (χ2n) is 6.47. The zero-order chi connectivity index (χ0) is 18.8. The minimum Gasteiger partial charge on any atom is -0.343 e. The van der Waals surface area contributed by atoms with Crippen molar-refractivity contribution in [2.75, 3.05) is 0 Å². The molecule has 2 heterocycles. The molecule has 136 valence electrons. The van der Waals surface area contributed by atoms with Crippen molar-refractivity contribution in [3.8, 4) is 10.6 Å². The maximum atomic E-state index is 12.7. The van der Waals surface area contributed by atoms with Gasteiger partial charge in [-0.25, -0.2) is 9.97 Å². The van der Waals surface area contributed by atoms with Crippen LogP contribution in [0.25, 0.3) is 10.6 Å². The molecule has 0 aliphatic heterocycles. The first-order valence-electron chi connectivity index (χ1n) is 8.69. The van der Waals surface area contributed by atoms with Crippen molar-refractivity contribution in [2.45, 2.75) is 47.1 Å². The molecular formula is C20H23N3OS2. The van der Waals surface area contributed by atoms with Crippen LogP contribution in [0.4, 0.5) is 0 Å². The van der Waals surface area contributed by atoms with Gasteiger partial charge in [-0.3, -0.25) is 4.79 Å². The van der Waals surface area contributed by atoms with Crippen LogP contribution in [-0.2, 0) is 6.42 Å². The number of carbonyl (C=O) groups excluding carboxylic acids is 1. The number of hydrogen-bond acceptors (Lipinski definition) is 5. The van der Waals surface area contributed by atoms with Gasteiger partial charge in [0.25, 0.3) is 5.91 Å². The summed E-state index contributed by atoms with van der Waals surface area (Å²) >= 11 is 3.08. The normalized spacial score (nSPS) is 12.2. The van der Waals surface area contributed by atoms with Gasteiger partial charge < -0.3 is 5.32 Å². The Morgan fingerprint density at radius 2 is 2.00 bits per heavy atom. The van der Waals surface area contributed by atoms with Crippen molar-refractivity contribution < 1.29 is 4.79 Å². The van der Waals surface area contributed by atoms with Crippen molar-refractivity contribution in [1.29, 1.82) is 0 Å². The molecule has 0 bridgehead atoms. The van der Waals surface area contributed by atoms with Crippen LogP contribution in [-0.4, -0.2) is 15.9 Å². The summed E-state index contributed by atoms with van der Waals surface area (Å²) in [5.74, 6) is -0.0884. The Morgan fingerprint density at radius 3 is 2.65 bits per heavy atom. The molecule has 1 aromatic carbocycles. The first-order valence-corrected chi connectivity index (χ1v) is 10.4. The molecule has 0 aliphatic carbocycles. The minimum atomic E-state index is -0.120. The van der Waals surface area contributed by atoms with Crippen molar-refractivity contribution in [2.24, 2.45) is 0 Å². The molecule has 1 amide bonds. The fraction of sp³-hybridized carbons (Fsp3) is 0.350. The lowest BCUT2D eigenvalue weighted by Gasteiger charge is -2.10. The Balaban J connectivity index is 1.80. The molecule has 1 atom stereocenters. The number of carbonyl (C=O) groups is 1. The summed E-state index contributed by atoms with van der Waals surface area (Å²) < 4.78 is 0. The molecule has 4 nitrogen and oxygen atoms in total. The third-order valence-corrected chi connectivity index (χ3v) is 6.48. The topological polar surface area (TPSA) is 54.9 Å². The lowest BCUT2D eigenvalue weighted by atomic mass is 10.1. The van der Waals surface area contributed by atoms with E-state index in [9.17, 15) is 4.79 Å². The van der Waals surface area contributed by atoms with Crippen molar-refractivity contribution in [3.63, 3.8) is 0 Å². The molecule has 2 aromatic heterocycles. The number of amides is 1. The van der Waals surface area contributed by atoms with Crippen LogP contribution >= 0.6 is 22.7 Å². The quantitative estimate of drug-likeness (QED) is 0.653. The molecule has 0 fully saturated rings. The average Bonchev–Trinajstić information content (AvgIpc) is 3.21. The van der Waals surface area contributed by atoms with Gasteiger partial charge in [-0.15, -0.1) is 22.7 Å². The van der Waals surface area contributed by atoms with Gasteiger partial charge >= 0.3 is 0 Å². The highest BCUT2D eigenvalue weighted by Gasteiger charge is 2.20. The van der Waals surface area contributed by atoms with Crippen LogP contribution in [0.3, 0.4) is 0 Å². The Hall–Kier alpha value is -2.05. The van der Waals surface area contributed by atoms with Gasteiger partial charge in [0, 0.05) is 10.9 Å². The minimum absolute atomic E-state index is 0.0884. The Bertz CT molecular complexity index is 942. The molecule has 3 rings (SSSR count). The molecule has 3 aromatic rings. The predicted molar refractivity (Wildman–Crippen MR) is 109 cm³/mol. The van der Waals surface area contributed by atoms with Crippen LogP contribution in [0.5, 0.6) is 0 Å². The van der Waals surface area contributed by atoms with E-state index in [2.05, 4.69) is 54.3 Å². The van der Waals surface area contributed by atoms with Gasteiger partial charge in [-0.05, 0) is 39.7 Å². The SMILES string of the molecule is CCc1nc(C(C)NC(=O)c2sc(-c3ccc(C)cc3C)nc2C)cs1. The van der Waals surface area contributed by atoms with Crippen LogP contribution in [0.1, 0.15) is 57.1 Å². The summed E-state index contributed by atoms with van der Waals surface area (Å²) in [5.41, 5.74) is 5.16. The summed E-state index contributed by atoms with van der Waals surface area (Å²) in [6.07, 6.45) is 0.915. The van der Waals surface area contributed by atoms with E-state index < -0.39 is 0 Å². The van der Waals surface area contributed by atoms with Gasteiger partial charge in [0.1, 0.15) is 9.88 Å². The summed E-state index contributed by atoms with van der Waals surface area (Å²) in [7, 11) is 0. The summed E-state index contributed by atoms with van der Waals surface area (Å²) in [5, 5.41) is 7.05. The summed E-state index contributed by atoms with van der Waals surface area (Å²) in [6, 6.07) is 6.18. The smallest absolute Gasteiger partial charge is 0.263 e. The molecule has 1 unspecified atom stereocenters. The molecule has 0 spiro atoms. The van der Waals surface area contributed by atoms with Gasteiger partial charge in [0.15, 0.2) is 0 Å². The van der Waals surface area contributed by atoms with Crippen LogP contribution < -0.4 is 5.32 Å². The van der Waals surface area contributed by atoms with Crippen LogP contribution in [0, 0.1) is 20.8 Å². The highest BCUT2D eigenvalue weighted by atomic mass is 32.1. The second-order valence-corrected chi connectivity index (χ2v) is 8.41. The van der Waals surface area contributed by atoms with Crippen molar-refractivity contribution >= 4 is 28.6 Å². The first kappa shape index (κ1) is 18.7. The molecule has 0 saturated heterocycles. The number of nitrogens with one attached hydrogen (secondary N) is 1. The first-order chi connectivity index (χ1) is 12.4. The van der Waals surface area contributed by atoms with E-state index in [-0.39, 0.29) is 11.9 Å². The number of aryl methyl sites for hydroxylation is 4. The number of benzene rings is 1. The Kier molecular flexibility index (Phi) is 5.53. The number of aromatic nitrogens is 2. The van der Waals surface area contributed by atoms with E-state index in [1.165, 1.54) is 22.5 Å². The lowest BCUT2D eigenvalue weighted by Crippen LogP contribution is -2.26. The van der Waals surface area contributed by atoms with Gasteiger partial charge in [-0.1, -0.05) is 30.7 Å². The fourth-order valence-corrected chi connectivity index (χ4v) is 4.70. The molecule has 1 N–H and O–H groups in total. The molecule has 0 radical (unpaired) electrons. The largest absolute Gasteiger partial charge is 0.343 e. The fourth-order valence-electron chi connectivity index (χ4n) is 2.80. The maximum absolute atomic E-state index is 12.7. The van der Waals surface area contributed by atoms with Gasteiger partial charge in [0.2, 0.25) is 0 Å². The van der Waals surface area contributed by atoms with Gasteiger partial charge in [-0.2, -0.15) is 0 Å². The average molecular weight is 386 g/mol. The predicted octanol–water partition coefficient (Wildman–Crippen LogP) is 5.25.